The van der Waals surface area contributed by atoms with E-state index in [1.54, 1.807) is 25.1 Å². The molecule has 1 heterocycles. The lowest BCUT2D eigenvalue weighted by atomic mass is 9.80. The molecular weight excluding hydrogens is 304 g/mol. The number of Topliss-reactive ketones (excluding diaryl/α,β-unsaturated/α-hetero) is 1. The van der Waals surface area contributed by atoms with Crippen molar-refractivity contribution < 1.29 is 34.0 Å². The number of ketones is 1. The van der Waals surface area contributed by atoms with Crippen LogP contribution in [-0.2, 0) is 14.3 Å². The molecule has 0 unspecified atom stereocenters. The van der Waals surface area contributed by atoms with Crippen LogP contribution in [0.1, 0.15) is 18.6 Å². The van der Waals surface area contributed by atoms with E-state index in [0.717, 1.165) is 7.11 Å². The molecule has 0 aromatic heterocycles. The fraction of sp³-hybridized carbons (Fsp3) is 0.500. The Kier molecular flexibility index (Phi) is 3.57. The molecule has 1 aromatic carbocycles. The van der Waals surface area contributed by atoms with E-state index in [-0.39, 0.29) is 0 Å². The molecule has 0 saturated heterocycles. The fourth-order valence-electron chi connectivity index (χ4n) is 3.61. The normalized spacial score (nSPS) is 35.1. The summed E-state index contributed by atoms with van der Waals surface area (Å²) in [5.41, 5.74) is -2.14. The van der Waals surface area contributed by atoms with E-state index in [1.165, 1.54) is 7.11 Å². The molecule has 1 aliphatic carbocycles. The number of ether oxygens (including phenoxy) is 3. The molecular formula is C16H18O7. The first-order valence-corrected chi connectivity index (χ1v) is 7.24. The second kappa shape index (κ2) is 5.21. The van der Waals surface area contributed by atoms with Crippen LogP contribution in [0, 0.1) is 11.8 Å². The third-order valence-electron chi connectivity index (χ3n) is 4.76. The average molecular weight is 322 g/mol. The predicted molar refractivity (Wildman–Crippen MR) is 77.0 cm³/mol. The number of carbonyl (C=O) groups is 2. The Bertz CT molecular complexity index is 670. The van der Waals surface area contributed by atoms with Crippen LogP contribution >= 0.6 is 0 Å². The summed E-state index contributed by atoms with van der Waals surface area (Å²) in [5.74, 6) is -3.02. The Labute approximate surface area is 132 Å². The van der Waals surface area contributed by atoms with Gasteiger partial charge in [0.1, 0.15) is 17.6 Å². The Morgan fingerprint density at radius 2 is 2.04 bits per heavy atom. The summed E-state index contributed by atoms with van der Waals surface area (Å²) in [6.45, 7) is 1.55. The van der Waals surface area contributed by atoms with Gasteiger partial charge in [0.2, 0.25) is 5.60 Å². The minimum Gasteiger partial charge on any atom is -0.496 e. The maximum Gasteiger partial charge on any atom is 0.346 e. The highest BCUT2D eigenvalue weighted by Crippen LogP contribution is 2.53. The SMILES string of the molecule is COC(=O)[C@]1(O)C(=O)[C@H](C)[C@H]2Oc3cccc(OC)c3[C@H](O)[C@@H]21. The summed E-state index contributed by atoms with van der Waals surface area (Å²) in [6.07, 6.45) is -2.14. The van der Waals surface area contributed by atoms with Crippen molar-refractivity contribution in [3.8, 4) is 11.5 Å². The minimum atomic E-state index is -2.45. The average Bonchev–Trinajstić information content (AvgIpc) is 2.76. The van der Waals surface area contributed by atoms with Crippen molar-refractivity contribution in [3.63, 3.8) is 0 Å². The van der Waals surface area contributed by atoms with Gasteiger partial charge in [-0.2, -0.15) is 0 Å². The molecule has 124 valence electrons. The number of methoxy groups -OCH3 is 2. The second-order valence-electron chi connectivity index (χ2n) is 5.84. The molecule has 3 rings (SSSR count). The molecule has 1 fully saturated rings. The third-order valence-corrected chi connectivity index (χ3v) is 4.76. The van der Waals surface area contributed by atoms with Crippen LogP contribution in [-0.4, -0.2) is 47.9 Å². The van der Waals surface area contributed by atoms with E-state index in [0.29, 0.717) is 17.1 Å². The summed E-state index contributed by atoms with van der Waals surface area (Å²) >= 11 is 0. The van der Waals surface area contributed by atoms with Crippen molar-refractivity contribution in [2.75, 3.05) is 14.2 Å². The Morgan fingerprint density at radius 1 is 1.35 bits per heavy atom. The van der Waals surface area contributed by atoms with E-state index in [1.807, 2.05) is 0 Å². The summed E-state index contributed by atoms with van der Waals surface area (Å²) in [7, 11) is 2.51. The molecule has 7 nitrogen and oxygen atoms in total. The summed E-state index contributed by atoms with van der Waals surface area (Å²) in [6, 6.07) is 4.96. The van der Waals surface area contributed by atoms with Crippen LogP contribution in [0.25, 0.3) is 0 Å². The van der Waals surface area contributed by atoms with Crippen molar-refractivity contribution in [2.24, 2.45) is 11.8 Å². The van der Waals surface area contributed by atoms with E-state index >= 15 is 0 Å². The van der Waals surface area contributed by atoms with E-state index in [9.17, 15) is 19.8 Å². The molecule has 0 radical (unpaired) electrons. The van der Waals surface area contributed by atoms with Gasteiger partial charge in [-0.15, -0.1) is 0 Å². The lowest BCUT2D eigenvalue weighted by Gasteiger charge is -2.38. The van der Waals surface area contributed by atoms with Crippen molar-refractivity contribution in [2.45, 2.75) is 24.7 Å². The van der Waals surface area contributed by atoms with Gasteiger partial charge in [0.25, 0.3) is 0 Å². The van der Waals surface area contributed by atoms with Gasteiger partial charge in [0, 0.05) is 0 Å². The molecule has 0 spiro atoms. The van der Waals surface area contributed by atoms with Crippen LogP contribution < -0.4 is 9.47 Å². The van der Waals surface area contributed by atoms with Gasteiger partial charge in [-0.1, -0.05) is 13.0 Å². The number of rotatable bonds is 2. The number of hydrogen-bond donors (Lipinski definition) is 2. The van der Waals surface area contributed by atoms with Crippen molar-refractivity contribution in [3.05, 3.63) is 23.8 Å². The molecule has 2 N–H and O–H groups in total. The number of aliphatic hydroxyl groups is 2. The molecule has 5 atom stereocenters. The number of hydrogen-bond acceptors (Lipinski definition) is 7. The highest BCUT2D eigenvalue weighted by molar-refractivity contribution is 6.10. The minimum absolute atomic E-state index is 0.306. The lowest BCUT2D eigenvalue weighted by Crippen LogP contribution is -2.53. The molecule has 1 saturated carbocycles. The number of aliphatic hydroxyl groups excluding tert-OH is 1. The first-order chi connectivity index (χ1) is 10.9. The number of esters is 1. The second-order valence-corrected chi connectivity index (χ2v) is 5.84. The molecule has 1 aromatic rings. The molecule has 0 amide bonds. The largest absolute Gasteiger partial charge is 0.496 e. The first kappa shape index (κ1) is 15.8. The van der Waals surface area contributed by atoms with Crippen LogP contribution in [0.5, 0.6) is 11.5 Å². The molecule has 0 bridgehead atoms. The zero-order valence-electron chi connectivity index (χ0n) is 13.0. The summed E-state index contributed by atoms with van der Waals surface area (Å²) < 4.78 is 15.6. The Morgan fingerprint density at radius 3 is 2.65 bits per heavy atom. The first-order valence-electron chi connectivity index (χ1n) is 7.24. The third kappa shape index (κ3) is 1.90. The number of benzene rings is 1. The zero-order valence-corrected chi connectivity index (χ0v) is 13.0. The van der Waals surface area contributed by atoms with Crippen molar-refractivity contribution >= 4 is 11.8 Å². The van der Waals surface area contributed by atoms with Crippen LogP contribution in [0.4, 0.5) is 0 Å². The molecule has 1 aliphatic heterocycles. The molecule has 23 heavy (non-hydrogen) atoms. The van der Waals surface area contributed by atoms with Gasteiger partial charge in [-0.05, 0) is 12.1 Å². The van der Waals surface area contributed by atoms with E-state index in [4.69, 9.17) is 9.47 Å². The lowest BCUT2D eigenvalue weighted by molar-refractivity contribution is -0.178. The van der Waals surface area contributed by atoms with Gasteiger partial charge in [-0.3, -0.25) is 4.79 Å². The Balaban J connectivity index is 2.17. The summed E-state index contributed by atoms with van der Waals surface area (Å²) in [5, 5.41) is 21.5. The predicted octanol–water partition coefficient (Wildman–Crippen LogP) is 0.229. The zero-order chi connectivity index (χ0) is 16.9. The highest BCUT2D eigenvalue weighted by Gasteiger charge is 2.68. The van der Waals surface area contributed by atoms with Crippen LogP contribution in [0.15, 0.2) is 18.2 Å². The smallest absolute Gasteiger partial charge is 0.346 e. The molecule has 7 heteroatoms. The van der Waals surface area contributed by atoms with E-state index in [2.05, 4.69) is 4.74 Å². The van der Waals surface area contributed by atoms with Gasteiger partial charge < -0.3 is 24.4 Å². The van der Waals surface area contributed by atoms with Gasteiger partial charge >= 0.3 is 5.97 Å². The van der Waals surface area contributed by atoms with Gasteiger partial charge in [0.15, 0.2) is 5.78 Å². The van der Waals surface area contributed by atoms with Gasteiger partial charge in [0.05, 0.1) is 37.7 Å². The van der Waals surface area contributed by atoms with Crippen molar-refractivity contribution in [1.29, 1.82) is 0 Å². The summed E-state index contributed by atoms with van der Waals surface area (Å²) in [4.78, 5) is 24.5. The maximum absolute atomic E-state index is 12.5. The quantitative estimate of drug-likeness (QED) is 0.593. The Hall–Kier alpha value is -2.12. The topological polar surface area (TPSA) is 102 Å². The maximum atomic E-state index is 12.5. The van der Waals surface area contributed by atoms with Crippen LogP contribution in [0.2, 0.25) is 0 Å². The molecule has 2 aliphatic rings. The van der Waals surface area contributed by atoms with Crippen molar-refractivity contribution in [1.82, 2.24) is 0 Å². The number of fused-ring (bicyclic) bond motifs is 2. The monoisotopic (exact) mass is 322 g/mol. The van der Waals surface area contributed by atoms with E-state index < -0.39 is 41.4 Å². The number of carbonyl (C=O) groups excluding carboxylic acids is 2. The van der Waals surface area contributed by atoms with Crippen LogP contribution in [0.3, 0.4) is 0 Å². The highest BCUT2D eigenvalue weighted by atomic mass is 16.5. The fourth-order valence-corrected chi connectivity index (χ4v) is 3.61. The van der Waals surface area contributed by atoms with Gasteiger partial charge in [-0.25, -0.2) is 4.79 Å². The standard InChI is InChI=1S/C16H18O7/c1-7-13-11(16(20,14(7)18)15(19)22-3)12(17)10-8(21-2)5-4-6-9(10)23-13/h4-7,11-13,17,20H,1-3H3/t7-,11+,12+,13-,16-/m1/s1.